The first kappa shape index (κ1) is 70.5. The molecule has 456 valence electrons. The molecule has 34 heteroatoms. The first-order valence-corrected chi connectivity index (χ1v) is 28.7. The number of carbonyl (C=O) groups is 11. The second-order valence-electron chi connectivity index (χ2n) is 18.7. The molecule has 0 aromatic heterocycles. The zero-order valence-corrected chi connectivity index (χ0v) is 46.4. The summed E-state index contributed by atoms with van der Waals surface area (Å²) in [5, 5.41) is 56.2. The van der Waals surface area contributed by atoms with Gasteiger partial charge in [-0.1, -0.05) is 0 Å². The molecule has 0 spiro atoms. The van der Waals surface area contributed by atoms with Crippen LogP contribution in [-0.4, -0.2) is 197 Å². The van der Waals surface area contributed by atoms with Crippen LogP contribution in [0.25, 0.3) is 0 Å². The first-order valence-electron chi connectivity index (χ1n) is 25.6. The summed E-state index contributed by atoms with van der Waals surface area (Å²) in [4.78, 5) is 145. The fourth-order valence-electron chi connectivity index (χ4n) is 7.68. The number of carbonyl (C=O) groups excluding carboxylic acids is 8. The van der Waals surface area contributed by atoms with Crippen molar-refractivity contribution in [1.29, 1.82) is 0 Å². The smallest absolute Gasteiger partial charge is 0.317 e. The summed E-state index contributed by atoms with van der Waals surface area (Å²) in [6, 6.07) is 1.52. The highest BCUT2D eigenvalue weighted by atomic mass is 32.2. The Hall–Kier alpha value is -7.57. The molecule has 2 aromatic carbocycles. The van der Waals surface area contributed by atoms with Gasteiger partial charge >= 0.3 is 17.9 Å². The zero-order valence-electron chi connectivity index (χ0n) is 44.8. The number of nitrogens with one attached hydrogen (secondary N) is 7. The summed E-state index contributed by atoms with van der Waals surface area (Å²) in [5.74, 6) is -11.5. The highest BCUT2D eigenvalue weighted by Gasteiger charge is 2.34. The average molecular weight is 1200 g/mol. The normalized spacial score (nSPS) is 13.3. The SMILES string of the molecule is NCCCC[C@@H](C=O)NC(=O)[C@H](CC(=O)O)NC(=O)[C@H](CCCCN)NC(=O)[C@H](CC(=O)O)NC(=O)[C@H](CCCCN)NC(=O)CN(CCN(CC(=O)O)CC(=O)Nc1ccc(S(N)(=O)=O)cc1)CC(=O)Nc1ccc(S(N)(=O)=O)cc1. The van der Waals surface area contributed by atoms with E-state index in [4.69, 9.17) is 27.5 Å². The monoisotopic (exact) mass is 1200 g/mol. The van der Waals surface area contributed by atoms with Crippen molar-refractivity contribution in [3.8, 4) is 0 Å². The molecule has 0 aliphatic rings. The third-order valence-electron chi connectivity index (χ3n) is 11.8. The number of nitrogens with zero attached hydrogens (tertiary/aromatic N) is 2. The Balaban J connectivity index is 2.44. The number of hydrogen-bond acceptors (Lipinski definition) is 20. The minimum absolute atomic E-state index is 0.0889. The van der Waals surface area contributed by atoms with Crippen molar-refractivity contribution in [3.63, 3.8) is 0 Å². The van der Waals surface area contributed by atoms with Gasteiger partial charge in [-0.3, -0.25) is 57.7 Å². The molecule has 32 nitrogen and oxygen atoms in total. The number of anilines is 2. The van der Waals surface area contributed by atoms with E-state index in [0.717, 1.165) is 29.2 Å². The maximum atomic E-state index is 14.1. The van der Waals surface area contributed by atoms with E-state index in [0.29, 0.717) is 38.5 Å². The van der Waals surface area contributed by atoms with Crippen LogP contribution in [0, 0.1) is 0 Å². The molecule has 0 fully saturated rings. The average Bonchev–Trinajstić information content (AvgIpc) is 3.54. The molecule has 82 heavy (non-hydrogen) atoms. The molecule has 0 saturated heterocycles. The third-order valence-corrected chi connectivity index (χ3v) is 13.6. The highest BCUT2D eigenvalue weighted by Crippen LogP contribution is 2.15. The third kappa shape index (κ3) is 28.2. The van der Waals surface area contributed by atoms with Crippen LogP contribution in [-0.2, 0) is 72.8 Å². The van der Waals surface area contributed by atoms with E-state index in [1.807, 2.05) is 0 Å². The Morgan fingerprint density at radius 1 is 0.451 bits per heavy atom. The van der Waals surface area contributed by atoms with Crippen LogP contribution in [0.1, 0.15) is 70.6 Å². The van der Waals surface area contributed by atoms with E-state index in [9.17, 15) is 84.9 Å². The number of sulfonamides is 2. The summed E-state index contributed by atoms with van der Waals surface area (Å²) >= 11 is 0. The molecule has 0 heterocycles. The van der Waals surface area contributed by atoms with Gasteiger partial charge in [0.2, 0.25) is 61.4 Å². The van der Waals surface area contributed by atoms with Crippen molar-refractivity contribution in [3.05, 3.63) is 48.5 Å². The Labute approximate surface area is 472 Å². The number of unbranched alkanes of at least 4 members (excludes halogenated alkanes) is 3. The predicted octanol–water partition coefficient (Wildman–Crippen LogP) is -4.79. The number of carboxylic acid groups (broad SMARTS) is 3. The second-order valence-corrected chi connectivity index (χ2v) is 21.8. The van der Waals surface area contributed by atoms with Gasteiger partial charge in [0.25, 0.3) is 0 Å². The number of aliphatic carboxylic acids is 3. The number of primary sulfonamides is 2. The zero-order chi connectivity index (χ0) is 61.6. The summed E-state index contributed by atoms with van der Waals surface area (Å²) in [6.07, 6.45) is 0.125. The van der Waals surface area contributed by atoms with Gasteiger partial charge < -0.3 is 74.5 Å². The van der Waals surface area contributed by atoms with E-state index in [2.05, 4.69) is 37.2 Å². The Morgan fingerprint density at radius 3 is 1.16 bits per heavy atom. The quantitative estimate of drug-likeness (QED) is 0.0219. The van der Waals surface area contributed by atoms with Gasteiger partial charge in [0.1, 0.15) is 30.5 Å². The lowest BCUT2D eigenvalue weighted by Crippen LogP contribution is -2.59. The molecule has 2 aromatic rings. The number of nitrogens with two attached hydrogens (primary N) is 5. The van der Waals surface area contributed by atoms with Crippen LogP contribution in [0.2, 0.25) is 0 Å². The molecule has 5 atom stereocenters. The van der Waals surface area contributed by atoms with Crippen molar-refractivity contribution < 1.29 is 84.9 Å². The molecule has 0 bridgehead atoms. The molecule has 0 aliphatic heterocycles. The lowest BCUT2D eigenvalue weighted by molar-refractivity contribution is -0.142. The predicted molar refractivity (Wildman–Crippen MR) is 292 cm³/mol. The van der Waals surface area contributed by atoms with Gasteiger partial charge in [-0.2, -0.15) is 0 Å². The second kappa shape index (κ2) is 36.0. The summed E-state index contributed by atoms with van der Waals surface area (Å²) in [5.41, 5.74) is 17.0. The maximum Gasteiger partial charge on any atom is 0.317 e. The topological polar surface area (TPSA) is 538 Å². The molecule has 2 rings (SSSR count). The number of rotatable bonds is 41. The van der Waals surface area contributed by atoms with E-state index >= 15 is 0 Å². The molecule has 7 amide bonds. The fraction of sp³-hybridized carbons (Fsp3) is 0.521. The van der Waals surface area contributed by atoms with Crippen LogP contribution in [0.3, 0.4) is 0 Å². The van der Waals surface area contributed by atoms with Gasteiger partial charge in [-0.05, 0) is 126 Å². The lowest BCUT2D eigenvalue weighted by Gasteiger charge is -2.28. The van der Waals surface area contributed by atoms with Gasteiger partial charge in [-0.25, -0.2) is 27.1 Å². The molecule has 0 radical (unpaired) electrons. The van der Waals surface area contributed by atoms with Gasteiger partial charge in [0.15, 0.2) is 0 Å². The molecule has 20 N–H and O–H groups in total. The molecule has 0 aliphatic carbocycles. The van der Waals surface area contributed by atoms with Crippen molar-refractivity contribution >= 4 is 97.0 Å². The van der Waals surface area contributed by atoms with Crippen LogP contribution < -0.4 is 64.7 Å². The Bertz CT molecular complexity index is 2740. The van der Waals surface area contributed by atoms with E-state index in [1.54, 1.807) is 0 Å². The first-order chi connectivity index (χ1) is 38.6. The Kier molecular flexibility index (Phi) is 31.0. The van der Waals surface area contributed by atoms with Crippen molar-refractivity contribution in [2.45, 2.75) is 111 Å². The number of carboxylic acids is 3. The highest BCUT2D eigenvalue weighted by molar-refractivity contribution is 7.89. The fourth-order valence-corrected chi connectivity index (χ4v) is 8.71. The van der Waals surface area contributed by atoms with Gasteiger partial charge in [0, 0.05) is 24.5 Å². The van der Waals surface area contributed by atoms with Crippen LogP contribution in [0.5, 0.6) is 0 Å². The van der Waals surface area contributed by atoms with Crippen LogP contribution in [0.4, 0.5) is 11.4 Å². The minimum Gasteiger partial charge on any atom is -0.481 e. The molecular formula is C48H74N14O18S2. The molecule has 0 saturated carbocycles. The standard InChI is InChI=1S/C48H74N14O18S2/c49-18-4-1-7-32(29-63)56-47(75)37(23-42(67)68)59-46(74)36(9-3-6-20-51)58-48(76)38(24-43(69)70)60-45(73)35(8-2-5-19-50)57-41(66)27-61(25-39(64)54-30-10-14-33(15-11-30)81(52,77)78)21-22-62(28-44(71)72)26-40(65)55-31-12-16-34(17-13-31)82(53,79)80/h10-17,29,32,35-38H,1-9,18-28,49-51H2,(H,54,64)(H,55,65)(H,56,75)(H,57,66)(H,58,76)(H,59,74)(H,60,73)(H,67,68)(H,69,70)(H,71,72)(H2,52,77,78)(H2,53,79,80)/t32-,35-,36-,37-,38-/m0/s1. The summed E-state index contributed by atoms with van der Waals surface area (Å²) in [7, 11) is -8.17. The number of benzene rings is 2. The van der Waals surface area contributed by atoms with Gasteiger partial charge in [-0.15, -0.1) is 0 Å². The summed E-state index contributed by atoms with van der Waals surface area (Å²) in [6.45, 7) is -2.73. The van der Waals surface area contributed by atoms with E-state index < -0.39 is 149 Å². The number of aldehydes is 1. The molecular weight excluding hydrogens is 1120 g/mol. The minimum atomic E-state index is -4.11. The largest absolute Gasteiger partial charge is 0.481 e. The maximum absolute atomic E-state index is 14.1. The summed E-state index contributed by atoms with van der Waals surface area (Å²) < 4.78 is 46.9. The van der Waals surface area contributed by atoms with Crippen molar-refractivity contribution in [2.24, 2.45) is 27.5 Å². The van der Waals surface area contributed by atoms with E-state index in [-0.39, 0.29) is 79.4 Å². The lowest BCUT2D eigenvalue weighted by atomic mass is 10.0. The van der Waals surface area contributed by atoms with Crippen molar-refractivity contribution in [1.82, 2.24) is 36.4 Å². The van der Waals surface area contributed by atoms with Gasteiger partial charge in [0.05, 0.1) is 54.9 Å². The Morgan fingerprint density at radius 2 is 0.793 bits per heavy atom. The van der Waals surface area contributed by atoms with Crippen LogP contribution in [0.15, 0.2) is 58.3 Å². The van der Waals surface area contributed by atoms with Crippen molar-refractivity contribution in [2.75, 3.05) is 69.5 Å². The van der Waals surface area contributed by atoms with Crippen LogP contribution >= 0.6 is 0 Å². The number of hydrogen-bond donors (Lipinski definition) is 15. The molecule has 0 unspecified atom stereocenters. The number of amides is 7. The van der Waals surface area contributed by atoms with E-state index in [1.165, 1.54) is 29.2 Å².